The van der Waals surface area contributed by atoms with Gasteiger partial charge in [0.1, 0.15) is 0 Å². The Balaban J connectivity index is 2.19. The lowest BCUT2D eigenvalue weighted by atomic mass is 9.97. The van der Waals surface area contributed by atoms with Gasteiger partial charge in [0, 0.05) is 23.5 Å². The van der Waals surface area contributed by atoms with Gasteiger partial charge in [0.05, 0.1) is 10.6 Å². The quantitative estimate of drug-likeness (QED) is 0.842. The number of likely N-dealkylation sites (tertiary alicyclic amines) is 1. The Labute approximate surface area is 127 Å². The van der Waals surface area contributed by atoms with Gasteiger partial charge in [0.15, 0.2) is 0 Å². The minimum atomic E-state index is 0.0523. The Hall–Kier alpha value is -0.940. The van der Waals surface area contributed by atoms with Crippen molar-refractivity contribution < 1.29 is 4.79 Å². The van der Waals surface area contributed by atoms with Crippen LogP contribution in [0.25, 0.3) is 0 Å². The summed E-state index contributed by atoms with van der Waals surface area (Å²) in [6.45, 7) is 3.39. The molecule has 102 valence electrons. The molecule has 0 radical (unpaired) electrons. The molecule has 2 rings (SSSR count). The summed E-state index contributed by atoms with van der Waals surface area (Å²) in [5, 5.41) is 0. The first-order valence-electron chi connectivity index (χ1n) is 6.34. The zero-order valence-corrected chi connectivity index (χ0v) is 13.3. The van der Waals surface area contributed by atoms with E-state index in [9.17, 15) is 4.79 Å². The maximum absolute atomic E-state index is 12.6. The highest BCUT2D eigenvalue weighted by molar-refractivity contribution is 9.10. The van der Waals surface area contributed by atoms with Crippen molar-refractivity contribution in [2.75, 3.05) is 13.1 Å². The Bertz CT molecular complexity index is 518. The summed E-state index contributed by atoms with van der Waals surface area (Å²) in [6, 6.07) is 5.81. The van der Waals surface area contributed by atoms with E-state index in [1.807, 2.05) is 30.0 Å². The lowest BCUT2D eigenvalue weighted by Gasteiger charge is -2.32. The van der Waals surface area contributed by atoms with E-state index < -0.39 is 0 Å². The number of benzene rings is 1. The molecule has 1 aliphatic rings. The molecule has 19 heavy (non-hydrogen) atoms. The van der Waals surface area contributed by atoms with Gasteiger partial charge in [-0.1, -0.05) is 23.8 Å². The lowest BCUT2D eigenvalue weighted by Crippen LogP contribution is -2.43. The highest BCUT2D eigenvalue weighted by Gasteiger charge is 2.26. The second kappa shape index (κ2) is 6.01. The van der Waals surface area contributed by atoms with E-state index >= 15 is 0 Å². The normalized spacial score (nSPS) is 19.3. The molecule has 0 saturated carbocycles. The summed E-state index contributed by atoms with van der Waals surface area (Å²) < 4.78 is 0.834. The molecule has 3 nitrogen and oxygen atoms in total. The molecular formula is C14H17BrN2OS. The molecule has 1 unspecified atom stereocenters. The smallest absolute Gasteiger partial charge is 0.255 e. The van der Waals surface area contributed by atoms with Crippen molar-refractivity contribution in [3.63, 3.8) is 0 Å². The number of carbonyl (C=O) groups excluding carboxylic acids is 1. The number of piperidine rings is 1. The van der Waals surface area contributed by atoms with Crippen molar-refractivity contribution in [2.24, 2.45) is 11.7 Å². The monoisotopic (exact) mass is 340 g/mol. The number of thiocarbonyl (C=S) groups is 1. The number of nitrogens with two attached hydrogens (primary N) is 1. The van der Waals surface area contributed by atoms with E-state index in [0.29, 0.717) is 17.1 Å². The largest absolute Gasteiger partial charge is 0.393 e. The van der Waals surface area contributed by atoms with Crippen LogP contribution in [0.4, 0.5) is 0 Å². The number of hydrogen-bond donors (Lipinski definition) is 1. The summed E-state index contributed by atoms with van der Waals surface area (Å²) in [5.41, 5.74) is 7.50. The first-order chi connectivity index (χ1) is 8.99. The third kappa shape index (κ3) is 3.34. The fourth-order valence-corrected chi connectivity index (χ4v) is 2.98. The molecule has 5 heteroatoms. The molecule has 1 aromatic carbocycles. The van der Waals surface area contributed by atoms with Crippen LogP contribution in [0.2, 0.25) is 0 Å². The maximum atomic E-state index is 12.6. The van der Waals surface area contributed by atoms with E-state index in [2.05, 4.69) is 15.9 Å². The van der Waals surface area contributed by atoms with Crippen molar-refractivity contribution in [3.8, 4) is 0 Å². The van der Waals surface area contributed by atoms with Crippen LogP contribution in [-0.2, 0) is 0 Å². The Morgan fingerprint density at radius 3 is 2.95 bits per heavy atom. The van der Waals surface area contributed by atoms with Crippen LogP contribution in [0.1, 0.15) is 28.8 Å². The van der Waals surface area contributed by atoms with Crippen LogP contribution in [0.3, 0.4) is 0 Å². The molecule has 1 aromatic rings. The third-order valence-corrected chi connectivity index (χ3v) is 4.49. The Morgan fingerprint density at radius 1 is 1.53 bits per heavy atom. The van der Waals surface area contributed by atoms with Gasteiger partial charge in [-0.15, -0.1) is 0 Å². The first-order valence-corrected chi connectivity index (χ1v) is 7.54. The van der Waals surface area contributed by atoms with Crippen LogP contribution >= 0.6 is 28.1 Å². The van der Waals surface area contributed by atoms with E-state index in [1.54, 1.807) is 0 Å². The summed E-state index contributed by atoms with van der Waals surface area (Å²) in [4.78, 5) is 14.9. The molecule has 1 atom stereocenters. The van der Waals surface area contributed by atoms with E-state index in [-0.39, 0.29) is 11.8 Å². The lowest BCUT2D eigenvalue weighted by molar-refractivity contribution is 0.0702. The minimum Gasteiger partial charge on any atom is -0.393 e. The van der Waals surface area contributed by atoms with Crippen LogP contribution < -0.4 is 5.73 Å². The minimum absolute atomic E-state index is 0.0523. The zero-order chi connectivity index (χ0) is 14.0. The number of nitrogens with zero attached hydrogens (tertiary/aromatic N) is 1. The van der Waals surface area contributed by atoms with Crippen molar-refractivity contribution in [1.29, 1.82) is 0 Å². The van der Waals surface area contributed by atoms with E-state index in [4.69, 9.17) is 18.0 Å². The van der Waals surface area contributed by atoms with Gasteiger partial charge in [-0.3, -0.25) is 4.79 Å². The first kappa shape index (κ1) is 14.5. The summed E-state index contributed by atoms with van der Waals surface area (Å²) in [6.07, 6.45) is 1.94. The predicted octanol–water partition coefficient (Wildman–Crippen LogP) is 2.90. The number of hydrogen-bond acceptors (Lipinski definition) is 2. The van der Waals surface area contributed by atoms with Gasteiger partial charge in [-0.05, 0) is 47.8 Å². The zero-order valence-electron chi connectivity index (χ0n) is 10.9. The van der Waals surface area contributed by atoms with E-state index in [1.165, 1.54) is 0 Å². The summed E-state index contributed by atoms with van der Waals surface area (Å²) >= 11 is 8.49. The number of aryl methyl sites for hydroxylation is 1. The fourth-order valence-electron chi connectivity index (χ4n) is 2.37. The maximum Gasteiger partial charge on any atom is 0.255 e. The molecule has 1 aliphatic heterocycles. The number of halogens is 1. The van der Waals surface area contributed by atoms with Crippen molar-refractivity contribution in [1.82, 2.24) is 4.90 Å². The average molecular weight is 341 g/mol. The fraction of sp³-hybridized carbons (Fsp3) is 0.429. The molecule has 1 heterocycles. The highest BCUT2D eigenvalue weighted by atomic mass is 79.9. The van der Waals surface area contributed by atoms with Crippen LogP contribution in [-0.4, -0.2) is 28.9 Å². The second-order valence-electron chi connectivity index (χ2n) is 4.98. The molecule has 2 N–H and O–H groups in total. The van der Waals surface area contributed by atoms with Gasteiger partial charge >= 0.3 is 0 Å². The highest BCUT2D eigenvalue weighted by Crippen LogP contribution is 2.23. The predicted molar refractivity (Wildman–Crippen MR) is 84.3 cm³/mol. The topological polar surface area (TPSA) is 46.3 Å². The molecule has 0 aliphatic carbocycles. The second-order valence-corrected chi connectivity index (χ2v) is 6.30. The van der Waals surface area contributed by atoms with Gasteiger partial charge in [-0.25, -0.2) is 0 Å². The van der Waals surface area contributed by atoms with Crippen molar-refractivity contribution in [3.05, 3.63) is 33.8 Å². The number of rotatable bonds is 2. The Kier molecular flexibility index (Phi) is 4.58. The molecule has 0 aromatic heterocycles. The summed E-state index contributed by atoms with van der Waals surface area (Å²) in [7, 11) is 0. The standard InChI is InChI=1S/C14H17BrN2OS/c1-9-4-5-12(15)11(7-9)14(18)17-6-2-3-10(8-17)13(16)19/h4-5,7,10H,2-3,6,8H2,1H3,(H2,16,19). The van der Waals surface area contributed by atoms with Crippen LogP contribution in [0.5, 0.6) is 0 Å². The van der Waals surface area contributed by atoms with Crippen molar-refractivity contribution >= 4 is 39.0 Å². The molecular weight excluding hydrogens is 324 g/mol. The van der Waals surface area contributed by atoms with Gasteiger partial charge in [0.2, 0.25) is 0 Å². The van der Waals surface area contributed by atoms with Gasteiger partial charge < -0.3 is 10.6 Å². The van der Waals surface area contributed by atoms with Crippen LogP contribution in [0.15, 0.2) is 22.7 Å². The third-order valence-electron chi connectivity index (χ3n) is 3.46. The summed E-state index contributed by atoms with van der Waals surface area (Å²) in [5.74, 6) is 0.202. The van der Waals surface area contributed by atoms with Gasteiger partial charge in [-0.2, -0.15) is 0 Å². The van der Waals surface area contributed by atoms with Gasteiger partial charge in [0.25, 0.3) is 5.91 Å². The molecule has 0 spiro atoms. The van der Waals surface area contributed by atoms with E-state index in [0.717, 1.165) is 29.4 Å². The van der Waals surface area contributed by atoms with Crippen LogP contribution in [0, 0.1) is 12.8 Å². The molecule has 1 amide bonds. The Morgan fingerprint density at radius 2 is 2.26 bits per heavy atom. The average Bonchev–Trinajstić information content (AvgIpc) is 2.41. The molecule has 0 bridgehead atoms. The number of carbonyl (C=O) groups is 1. The molecule has 1 fully saturated rings. The SMILES string of the molecule is Cc1ccc(Br)c(C(=O)N2CCCC(C(N)=S)C2)c1. The number of amides is 1. The van der Waals surface area contributed by atoms with Crippen molar-refractivity contribution in [2.45, 2.75) is 19.8 Å². The molecule has 1 saturated heterocycles.